The quantitative estimate of drug-likeness (QED) is 0.892. The highest BCUT2D eigenvalue weighted by Crippen LogP contribution is 2.45. The standard InChI is InChI=1S/C18H27NO2/c1-13-11-20-15-7-6-14(10-16(15)21-12-13)17(19)18(2)8-4-3-5-9-18/h6-7,10,13,17H,3-5,8-9,11-12,19H2,1-2H3. The molecule has 1 aromatic carbocycles. The largest absolute Gasteiger partial charge is 0.489 e. The predicted octanol–water partition coefficient (Wildman–Crippen LogP) is 4.06. The lowest BCUT2D eigenvalue weighted by atomic mass is 9.69. The molecule has 1 saturated carbocycles. The average molecular weight is 289 g/mol. The van der Waals surface area contributed by atoms with Crippen LogP contribution >= 0.6 is 0 Å². The van der Waals surface area contributed by atoms with Crippen molar-refractivity contribution in [3.05, 3.63) is 23.8 Å². The Morgan fingerprint density at radius 3 is 2.48 bits per heavy atom. The molecule has 0 amide bonds. The first-order chi connectivity index (χ1) is 10.1. The highest BCUT2D eigenvalue weighted by atomic mass is 16.5. The van der Waals surface area contributed by atoms with Crippen molar-refractivity contribution in [2.24, 2.45) is 17.1 Å². The Hall–Kier alpha value is -1.22. The molecule has 2 atom stereocenters. The van der Waals surface area contributed by atoms with Crippen molar-refractivity contribution < 1.29 is 9.47 Å². The van der Waals surface area contributed by atoms with Crippen LogP contribution < -0.4 is 15.2 Å². The van der Waals surface area contributed by atoms with Crippen LogP contribution in [0.15, 0.2) is 18.2 Å². The molecule has 1 aliphatic carbocycles. The molecule has 1 aliphatic heterocycles. The Kier molecular flexibility index (Phi) is 4.12. The smallest absolute Gasteiger partial charge is 0.161 e. The predicted molar refractivity (Wildman–Crippen MR) is 84.7 cm³/mol. The van der Waals surface area contributed by atoms with Crippen LogP contribution in [-0.2, 0) is 0 Å². The van der Waals surface area contributed by atoms with Crippen LogP contribution in [0.25, 0.3) is 0 Å². The summed E-state index contributed by atoms with van der Waals surface area (Å²) in [4.78, 5) is 0. The summed E-state index contributed by atoms with van der Waals surface area (Å²) in [6.07, 6.45) is 6.39. The second-order valence-corrected chi connectivity index (χ2v) is 7.13. The maximum atomic E-state index is 6.61. The van der Waals surface area contributed by atoms with Crippen LogP contribution in [-0.4, -0.2) is 13.2 Å². The maximum absolute atomic E-state index is 6.61. The van der Waals surface area contributed by atoms with Crippen LogP contribution in [0.1, 0.15) is 57.6 Å². The lowest BCUT2D eigenvalue weighted by Gasteiger charge is -2.39. The van der Waals surface area contributed by atoms with Gasteiger partial charge in [-0.3, -0.25) is 0 Å². The number of hydrogen-bond donors (Lipinski definition) is 1. The Bertz CT molecular complexity index is 494. The summed E-state index contributed by atoms with van der Waals surface area (Å²) in [7, 11) is 0. The van der Waals surface area contributed by atoms with E-state index in [9.17, 15) is 0 Å². The van der Waals surface area contributed by atoms with E-state index in [-0.39, 0.29) is 11.5 Å². The SMILES string of the molecule is CC1COc2ccc(C(N)C3(C)CCCCC3)cc2OC1. The Labute approximate surface area is 127 Å². The number of fused-ring (bicyclic) bond motifs is 1. The normalized spacial score (nSPS) is 26.0. The van der Waals surface area contributed by atoms with Gasteiger partial charge in [0.25, 0.3) is 0 Å². The van der Waals surface area contributed by atoms with Gasteiger partial charge in [-0.2, -0.15) is 0 Å². The van der Waals surface area contributed by atoms with Crippen molar-refractivity contribution in [2.45, 2.75) is 52.0 Å². The third-order valence-electron chi connectivity index (χ3n) is 5.12. The van der Waals surface area contributed by atoms with Gasteiger partial charge in [-0.15, -0.1) is 0 Å². The zero-order chi connectivity index (χ0) is 14.9. The fraction of sp³-hybridized carbons (Fsp3) is 0.667. The highest BCUT2D eigenvalue weighted by molar-refractivity contribution is 5.44. The second-order valence-electron chi connectivity index (χ2n) is 7.13. The van der Waals surface area contributed by atoms with Gasteiger partial charge in [0.05, 0.1) is 13.2 Å². The van der Waals surface area contributed by atoms with E-state index < -0.39 is 0 Å². The van der Waals surface area contributed by atoms with Crippen LogP contribution in [0.5, 0.6) is 11.5 Å². The van der Waals surface area contributed by atoms with Crippen molar-refractivity contribution in [3.63, 3.8) is 0 Å². The molecule has 0 saturated heterocycles. The highest BCUT2D eigenvalue weighted by Gasteiger charge is 2.34. The van der Waals surface area contributed by atoms with Gasteiger partial charge in [0.1, 0.15) is 0 Å². The summed E-state index contributed by atoms with van der Waals surface area (Å²) < 4.78 is 11.7. The Morgan fingerprint density at radius 1 is 1.10 bits per heavy atom. The summed E-state index contributed by atoms with van der Waals surface area (Å²) in [5.41, 5.74) is 8.00. The summed E-state index contributed by atoms with van der Waals surface area (Å²) >= 11 is 0. The molecular formula is C18H27NO2. The van der Waals surface area contributed by atoms with Crippen LogP contribution in [0.4, 0.5) is 0 Å². The number of hydrogen-bond acceptors (Lipinski definition) is 3. The van der Waals surface area contributed by atoms with Gasteiger partial charge >= 0.3 is 0 Å². The Morgan fingerprint density at radius 2 is 1.76 bits per heavy atom. The molecule has 2 unspecified atom stereocenters. The molecule has 3 rings (SSSR count). The molecule has 0 aromatic heterocycles. The lowest BCUT2D eigenvalue weighted by molar-refractivity contribution is 0.170. The van der Waals surface area contributed by atoms with Gasteiger partial charge < -0.3 is 15.2 Å². The summed E-state index contributed by atoms with van der Waals surface area (Å²) in [6, 6.07) is 6.31. The molecule has 1 aromatic rings. The van der Waals surface area contributed by atoms with E-state index in [1.807, 2.05) is 6.07 Å². The number of benzene rings is 1. The summed E-state index contributed by atoms with van der Waals surface area (Å²) in [5, 5.41) is 0. The van der Waals surface area contributed by atoms with E-state index in [4.69, 9.17) is 15.2 Å². The monoisotopic (exact) mass is 289 g/mol. The lowest BCUT2D eigenvalue weighted by Crippen LogP contribution is -2.33. The molecule has 3 heteroatoms. The molecule has 3 nitrogen and oxygen atoms in total. The van der Waals surface area contributed by atoms with Gasteiger partial charge in [0.15, 0.2) is 11.5 Å². The molecule has 21 heavy (non-hydrogen) atoms. The molecule has 0 bridgehead atoms. The van der Waals surface area contributed by atoms with Crippen LogP contribution in [0.3, 0.4) is 0 Å². The molecule has 2 aliphatic rings. The third-order valence-corrected chi connectivity index (χ3v) is 5.12. The second kappa shape index (κ2) is 5.88. The van der Waals surface area contributed by atoms with Crippen LogP contribution in [0, 0.1) is 11.3 Å². The van der Waals surface area contributed by atoms with E-state index in [0.29, 0.717) is 12.5 Å². The fourth-order valence-electron chi connectivity index (χ4n) is 3.54. The van der Waals surface area contributed by atoms with Crippen LogP contribution in [0.2, 0.25) is 0 Å². The minimum atomic E-state index is 0.0763. The van der Waals surface area contributed by atoms with Crippen molar-refractivity contribution in [1.82, 2.24) is 0 Å². The third kappa shape index (κ3) is 3.03. The van der Waals surface area contributed by atoms with Gasteiger partial charge in [0, 0.05) is 12.0 Å². The molecule has 2 N–H and O–H groups in total. The average Bonchev–Trinajstić information content (AvgIpc) is 2.69. The van der Waals surface area contributed by atoms with Gasteiger partial charge in [-0.05, 0) is 36.0 Å². The zero-order valence-corrected chi connectivity index (χ0v) is 13.2. The van der Waals surface area contributed by atoms with Crippen molar-refractivity contribution in [1.29, 1.82) is 0 Å². The summed E-state index contributed by atoms with van der Waals surface area (Å²) in [6.45, 7) is 5.91. The van der Waals surface area contributed by atoms with Gasteiger partial charge in [0.2, 0.25) is 0 Å². The van der Waals surface area contributed by atoms with Crippen molar-refractivity contribution in [3.8, 4) is 11.5 Å². The van der Waals surface area contributed by atoms with E-state index in [0.717, 1.165) is 18.1 Å². The minimum Gasteiger partial charge on any atom is -0.489 e. The first-order valence-corrected chi connectivity index (χ1v) is 8.24. The van der Waals surface area contributed by atoms with Gasteiger partial charge in [-0.1, -0.05) is 39.2 Å². The van der Waals surface area contributed by atoms with Crippen molar-refractivity contribution in [2.75, 3.05) is 13.2 Å². The van der Waals surface area contributed by atoms with Crippen molar-refractivity contribution >= 4 is 0 Å². The zero-order valence-electron chi connectivity index (χ0n) is 13.2. The first-order valence-electron chi connectivity index (χ1n) is 8.24. The van der Waals surface area contributed by atoms with E-state index in [2.05, 4.69) is 26.0 Å². The molecule has 0 spiro atoms. The number of ether oxygens (including phenoxy) is 2. The minimum absolute atomic E-state index is 0.0763. The first kappa shape index (κ1) is 14.7. The topological polar surface area (TPSA) is 44.5 Å². The number of rotatable bonds is 2. The fourth-order valence-corrected chi connectivity index (χ4v) is 3.54. The number of nitrogens with two attached hydrogens (primary N) is 1. The summed E-state index contributed by atoms with van der Waals surface area (Å²) in [5.74, 6) is 2.13. The molecule has 1 fully saturated rings. The van der Waals surface area contributed by atoms with E-state index in [1.165, 1.54) is 37.7 Å². The van der Waals surface area contributed by atoms with E-state index >= 15 is 0 Å². The molecule has 1 heterocycles. The maximum Gasteiger partial charge on any atom is 0.161 e. The van der Waals surface area contributed by atoms with E-state index in [1.54, 1.807) is 0 Å². The van der Waals surface area contributed by atoms with Gasteiger partial charge in [-0.25, -0.2) is 0 Å². The Balaban J connectivity index is 1.83. The molecule has 116 valence electrons. The molecular weight excluding hydrogens is 262 g/mol. The molecule has 0 radical (unpaired) electrons.